The molecule has 0 N–H and O–H groups in total. The van der Waals surface area contributed by atoms with Gasteiger partial charge in [-0.2, -0.15) is 23.3 Å². The van der Waals surface area contributed by atoms with Gasteiger partial charge in [-0.05, 0) is 68.8 Å². The summed E-state index contributed by atoms with van der Waals surface area (Å²) < 4.78 is 2.14. The zero-order valence-corrected chi connectivity index (χ0v) is 30.4. The third-order valence-corrected chi connectivity index (χ3v) is 9.44. The van der Waals surface area contributed by atoms with Crippen LogP contribution < -0.4 is 0 Å². The van der Waals surface area contributed by atoms with Crippen LogP contribution in [0.4, 0.5) is 0 Å². The number of hydrogen-bond acceptors (Lipinski definition) is 2. The molecule has 6 aromatic rings. The van der Waals surface area contributed by atoms with Crippen LogP contribution in [0.5, 0.6) is 0 Å². The fraction of sp³-hybridized carbons (Fsp3) is 0.238. The Morgan fingerprint density at radius 2 is 1.24 bits per heavy atom. The molecule has 1 aliphatic rings. The molecule has 4 heteroatoms. The van der Waals surface area contributed by atoms with E-state index in [0.29, 0.717) is 0 Å². The van der Waals surface area contributed by atoms with Crippen LogP contribution in [-0.4, -0.2) is 14.8 Å². The quantitative estimate of drug-likeness (QED) is 0.168. The summed E-state index contributed by atoms with van der Waals surface area (Å²) in [4.78, 5) is 4.22. The van der Waals surface area contributed by atoms with Crippen LogP contribution in [0.2, 0.25) is 0 Å². The fourth-order valence-electron chi connectivity index (χ4n) is 6.44. The van der Waals surface area contributed by atoms with Crippen LogP contribution >= 0.6 is 0 Å². The van der Waals surface area contributed by atoms with Crippen molar-refractivity contribution in [2.45, 2.75) is 66.2 Å². The normalized spacial score (nSPS) is 13.8. The molecule has 0 saturated heterocycles. The molecule has 7 rings (SSSR count). The average Bonchev–Trinajstić information content (AvgIpc) is 3.47. The topological polar surface area (TPSA) is 30.7 Å². The molecule has 0 fully saturated rings. The Bertz CT molecular complexity index is 1910. The van der Waals surface area contributed by atoms with E-state index in [1.54, 1.807) is 6.20 Å². The largest absolute Gasteiger partial charge is 0.305 e. The first-order chi connectivity index (χ1) is 21.4. The van der Waals surface area contributed by atoms with Crippen molar-refractivity contribution < 1.29 is 20.1 Å². The maximum atomic E-state index is 5.12. The zero-order chi connectivity index (χ0) is 31.9. The molecule has 0 bridgehead atoms. The van der Waals surface area contributed by atoms with Crippen LogP contribution in [0.1, 0.15) is 61.2 Å². The van der Waals surface area contributed by atoms with E-state index in [1.807, 2.05) is 42.5 Å². The van der Waals surface area contributed by atoms with E-state index in [-0.39, 0.29) is 30.9 Å². The molecular formula is C42H41IrN3-2. The minimum atomic E-state index is -0.0981. The van der Waals surface area contributed by atoms with Crippen LogP contribution in [0, 0.1) is 39.8 Å². The van der Waals surface area contributed by atoms with Gasteiger partial charge in [-0.15, -0.1) is 47.0 Å². The molecule has 3 heterocycles. The number of rotatable bonds is 3. The summed E-state index contributed by atoms with van der Waals surface area (Å²) in [6, 6.07) is 40.7. The van der Waals surface area contributed by atoms with Crippen molar-refractivity contribution in [1.29, 1.82) is 0 Å². The Kier molecular flexibility index (Phi) is 9.36. The number of pyridine rings is 1. The Hall–Kier alpha value is -4.11. The monoisotopic (exact) mass is 780 g/mol. The molecule has 4 aromatic carbocycles. The van der Waals surface area contributed by atoms with Gasteiger partial charge >= 0.3 is 0 Å². The molecule has 2 aromatic heterocycles. The molecule has 3 nitrogen and oxygen atoms in total. The number of aryl methyl sites for hydroxylation is 4. The van der Waals surface area contributed by atoms with E-state index in [4.69, 9.17) is 5.10 Å². The van der Waals surface area contributed by atoms with Crippen molar-refractivity contribution in [3.8, 4) is 39.3 Å². The van der Waals surface area contributed by atoms with E-state index in [1.165, 1.54) is 50.2 Å². The van der Waals surface area contributed by atoms with E-state index < -0.39 is 0 Å². The maximum Gasteiger partial charge on any atom is 0.0930 e. The summed E-state index contributed by atoms with van der Waals surface area (Å²) >= 11 is 0. The van der Waals surface area contributed by atoms with E-state index >= 15 is 0 Å². The number of nitrogens with zero attached hydrogens (tertiary/aromatic N) is 3. The molecule has 1 aliphatic heterocycles. The maximum absolute atomic E-state index is 5.12. The molecule has 0 unspecified atom stereocenters. The van der Waals surface area contributed by atoms with Gasteiger partial charge < -0.3 is 4.98 Å². The smallest absolute Gasteiger partial charge is 0.0930 e. The van der Waals surface area contributed by atoms with Crippen LogP contribution in [0.3, 0.4) is 0 Å². The number of benzene rings is 4. The predicted molar refractivity (Wildman–Crippen MR) is 187 cm³/mol. The SMILES string of the molecule is Cc1cc(C)cc(-c2c[c-]c3c(c2)C(C)(C)C(C)(C)c2cc(-c4cc(C)cc(C)c4)nn2-3)c1.[Ir].[c-]1ccccc1-c1ccccn1. The molecule has 0 aliphatic carbocycles. The van der Waals surface area contributed by atoms with Gasteiger partial charge in [-0.3, -0.25) is 4.68 Å². The number of aromatic nitrogens is 3. The molecule has 0 amide bonds. The first kappa shape index (κ1) is 33.3. The van der Waals surface area contributed by atoms with Crippen LogP contribution in [0.15, 0.2) is 103 Å². The van der Waals surface area contributed by atoms with Gasteiger partial charge in [0.1, 0.15) is 0 Å². The Labute approximate surface area is 288 Å². The molecule has 46 heavy (non-hydrogen) atoms. The van der Waals surface area contributed by atoms with Gasteiger partial charge in [0.15, 0.2) is 0 Å². The molecule has 0 saturated carbocycles. The van der Waals surface area contributed by atoms with Gasteiger partial charge in [0.25, 0.3) is 0 Å². The fourth-order valence-corrected chi connectivity index (χ4v) is 6.44. The average molecular weight is 780 g/mol. The van der Waals surface area contributed by atoms with Crippen LogP contribution in [0.25, 0.3) is 39.3 Å². The van der Waals surface area contributed by atoms with Crippen molar-refractivity contribution in [2.75, 3.05) is 0 Å². The standard InChI is InChI=1S/C31H33N2.C11H8N.Ir/c1-19-11-20(2)14-24(13-19)23-9-10-28-26(17-23)30(5,6)31(7,8)29-18-27(32-33(28)29)25-15-21(3)12-22(4)16-25;1-2-6-10(7-3-1)11-8-4-5-9-12-11;/h9,11-18H,1-8H3;1-6,8-9H;/q2*-1;. The zero-order valence-electron chi connectivity index (χ0n) is 28.0. The van der Waals surface area contributed by atoms with Gasteiger partial charge in [0.2, 0.25) is 0 Å². The van der Waals surface area contributed by atoms with Crippen molar-refractivity contribution in [2.24, 2.45) is 0 Å². The summed E-state index contributed by atoms with van der Waals surface area (Å²) in [6.45, 7) is 18.0. The van der Waals surface area contributed by atoms with Gasteiger partial charge in [0.05, 0.1) is 5.69 Å². The van der Waals surface area contributed by atoms with Crippen molar-refractivity contribution in [1.82, 2.24) is 14.8 Å². The molecule has 235 valence electrons. The first-order valence-corrected chi connectivity index (χ1v) is 15.7. The van der Waals surface area contributed by atoms with Crippen LogP contribution in [-0.2, 0) is 30.9 Å². The van der Waals surface area contributed by atoms with Crippen molar-refractivity contribution in [3.63, 3.8) is 0 Å². The van der Waals surface area contributed by atoms with Crippen molar-refractivity contribution in [3.05, 3.63) is 149 Å². The van der Waals surface area contributed by atoms with Gasteiger partial charge in [-0.25, -0.2) is 0 Å². The third-order valence-electron chi connectivity index (χ3n) is 9.44. The molecule has 0 atom stereocenters. The first-order valence-electron chi connectivity index (χ1n) is 15.7. The second kappa shape index (κ2) is 12.9. The molecule has 0 spiro atoms. The summed E-state index contributed by atoms with van der Waals surface area (Å²) in [6.07, 6.45) is 1.79. The van der Waals surface area contributed by atoms with Gasteiger partial charge in [-0.1, -0.05) is 91.9 Å². The summed E-state index contributed by atoms with van der Waals surface area (Å²) in [5, 5.41) is 5.12. The summed E-state index contributed by atoms with van der Waals surface area (Å²) in [5.74, 6) is 0. The summed E-state index contributed by atoms with van der Waals surface area (Å²) in [5.41, 5.74) is 15.2. The second-order valence-electron chi connectivity index (χ2n) is 13.5. The Morgan fingerprint density at radius 1 is 0.609 bits per heavy atom. The molecule has 1 radical (unpaired) electrons. The minimum absolute atomic E-state index is 0. The van der Waals surface area contributed by atoms with E-state index in [0.717, 1.165) is 22.6 Å². The van der Waals surface area contributed by atoms with Gasteiger partial charge in [0, 0.05) is 43.0 Å². The Balaban J connectivity index is 0.000000269. The van der Waals surface area contributed by atoms with Crippen molar-refractivity contribution >= 4 is 0 Å². The minimum Gasteiger partial charge on any atom is -0.305 e. The number of fused-ring (bicyclic) bond motifs is 3. The predicted octanol–water partition coefficient (Wildman–Crippen LogP) is 10.4. The van der Waals surface area contributed by atoms with E-state index in [9.17, 15) is 0 Å². The molecular weight excluding hydrogens is 739 g/mol. The van der Waals surface area contributed by atoms with E-state index in [2.05, 4.69) is 132 Å². The summed E-state index contributed by atoms with van der Waals surface area (Å²) in [7, 11) is 0. The number of hydrogen-bond donors (Lipinski definition) is 0. The second-order valence-corrected chi connectivity index (χ2v) is 13.5. The third kappa shape index (κ3) is 6.30. The Morgan fingerprint density at radius 3 is 1.83 bits per heavy atom.